The smallest absolute Gasteiger partial charge is 0.430 e. The van der Waals surface area contributed by atoms with Gasteiger partial charge in [-0.15, -0.1) is 0 Å². The summed E-state index contributed by atoms with van der Waals surface area (Å²) in [6.45, 7) is 8.53. The summed E-state index contributed by atoms with van der Waals surface area (Å²) in [5.41, 5.74) is 1.76. The van der Waals surface area contributed by atoms with E-state index >= 15 is 0 Å². The van der Waals surface area contributed by atoms with Crippen molar-refractivity contribution in [3.05, 3.63) is 23.6 Å². The van der Waals surface area contributed by atoms with Crippen LogP contribution in [0.3, 0.4) is 0 Å². The molecule has 1 aliphatic heterocycles. The number of carbonyl (C=O) groups is 3. The number of rotatable bonds is 5. The molecular formula is C18H29N3O6. The molecule has 0 saturated heterocycles. The zero-order chi connectivity index (χ0) is 20.4. The first-order valence-electron chi connectivity index (χ1n) is 8.94. The summed E-state index contributed by atoms with van der Waals surface area (Å²) in [7, 11) is 0. The molecule has 9 nitrogen and oxygen atoms in total. The maximum atomic E-state index is 12.4. The molecule has 0 radical (unpaired) electrons. The number of carbonyl (C=O) groups excluding carboxylic acids is 3. The molecule has 0 aromatic heterocycles. The predicted octanol–water partition coefficient (Wildman–Crippen LogP) is 1.16. The van der Waals surface area contributed by atoms with Crippen LogP contribution in [0, 0.1) is 11.8 Å². The van der Waals surface area contributed by atoms with Gasteiger partial charge < -0.3 is 25.0 Å². The van der Waals surface area contributed by atoms with Crippen LogP contribution in [0.1, 0.15) is 34.1 Å². The molecule has 1 heterocycles. The molecule has 0 fully saturated rings. The summed E-state index contributed by atoms with van der Waals surface area (Å²) in [5.74, 6) is 3.58. The van der Waals surface area contributed by atoms with Crippen LogP contribution in [0.25, 0.3) is 0 Å². The Morgan fingerprint density at radius 2 is 1.89 bits per heavy atom. The lowest BCUT2D eigenvalue weighted by Crippen LogP contribution is -2.39. The molecule has 1 amide bonds. The molecule has 0 aromatic carbocycles. The van der Waals surface area contributed by atoms with Gasteiger partial charge in [0.25, 0.3) is 5.91 Å². The minimum atomic E-state index is -1.07. The number of hydrazine groups is 1. The van der Waals surface area contributed by atoms with Crippen LogP contribution in [-0.2, 0) is 23.8 Å². The monoisotopic (exact) mass is 383 g/mol. The van der Waals surface area contributed by atoms with Crippen molar-refractivity contribution in [1.29, 1.82) is 0 Å². The lowest BCUT2D eigenvalue weighted by molar-refractivity contribution is -0.120. The molecular weight excluding hydrogens is 354 g/mol. The zero-order valence-corrected chi connectivity index (χ0v) is 16.2. The molecule has 1 aliphatic rings. The van der Waals surface area contributed by atoms with Crippen molar-refractivity contribution in [3.63, 3.8) is 0 Å². The molecule has 152 valence electrons. The number of hydrogen-bond donors (Lipinski definition) is 3. The second-order valence-corrected chi connectivity index (χ2v) is 6.69. The van der Waals surface area contributed by atoms with E-state index in [2.05, 4.69) is 10.7 Å². The molecule has 0 aromatic rings. The number of ketones is 1. The average molecular weight is 383 g/mol. The van der Waals surface area contributed by atoms with Crippen LogP contribution in [0.5, 0.6) is 0 Å². The standard InChI is InChI=1S/C18H29N3O6/c1-11(2)15(12(3)4)26-18(24)27-16-13(22)7-5-6-9-25-10-8-20-17(23)14(16)21-19/h5,7,11-12,15,21H,6,8-10,19H2,1-4H3,(H,20,23)/b7-5-,16-14+. The van der Waals surface area contributed by atoms with Gasteiger partial charge in [0.15, 0.2) is 5.70 Å². The van der Waals surface area contributed by atoms with Gasteiger partial charge in [-0.25, -0.2) is 4.79 Å². The van der Waals surface area contributed by atoms with Crippen molar-refractivity contribution in [3.8, 4) is 0 Å². The van der Waals surface area contributed by atoms with Gasteiger partial charge in [-0.05, 0) is 24.3 Å². The Kier molecular flexibility index (Phi) is 9.52. The summed E-state index contributed by atoms with van der Waals surface area (Å²) in [4.78, 5) is 36.9. The molecule has 0 aliphatic carbocycles. The minimum Gasteiger partial charge on any atom is -0.430 e. The lowest BCUT2D eigenvalue weighted by atomic mass is 9.96. The molecule has 27 heavy (non-hydrogen) atoms. The number of hydrogen-bond acceptors (Lipinski definition) is 8. The number of allylic oxidation sites excluding steroid dienone is 1. The Morgan fingerprint density at radius 3 is 2.48 bits per heavy atom. The Morgan fingerprint density at radius 1 is 1.22 bits per heavy atom. The first-order chi connectivity index (χ1) is 12.8. The molecule has 1 rings (SSSR count). The van der Waals surface area contributed by atoms with Gasteiger partial charge in [-0.3, -0.25) is 15.4 Å². The van der Waals surface area contributed by atoms with Crippen LogP contribution in [0.2, 0.25) is 0 Å². The highest BCUT2D eigenvalue weighted by atomic mass is 16.7. The Balaban J connectivity index is 3.10. The van der Waals surface area contributed by atoms with Gasteiger partial charge in [-0.1, -0.05) is 33.8 Å². The van der Waals surface area contributed by atoms with Gasteiger partial charge >= 0.3 is 6.16 Å². The van der Waals surface area contributed by atoms with E-state index < -0.39 is 29.7 Å². The van der Waals surface area contributed by atoms with Crippen LogP contribution in [0.4, 0.5) is 4.79 Å². The Hall–Kier alpha value is -2.39. The maximum Gasteiger partial charge on any atom is 0.514 e. The van der Waals surface area contributed by atoms with E-state index in [4.69, 9.17) is 20.1 Å². The van der Waals surface area contributed by atoms with Gasteiger partial charge in [0.1, 0.15) is 6.10 Å². The summed E-state index contributed by atoms with van der Waals surface area (Å²) < 4.78 is 15.7. The lowest BCUT2D eigenvalue weighted by Gasteiger charge is -2.24. The van der Waals surface area contributed by atoms with Crippen LogP contribution < -0.4 is 16.6 Å². The summed E-state index contributed by atoms with van der Waals surface area (Å²) >= 11 is 0. The molecule has 0 spiro atoms. The second kappa shape index (κ2) is 11.3. The first kappa shape index (κ1) is 22.7. The topological polar surface area (TPSA) is 129 Å². The van der Waals surface area contributed by atoms with E-state index in [-0.39, 0.29) is 24.1 Å². The molecule has 4 N–H and O–H groups in total. The third-order valence-corrected chi connectivity index (χ3v) is 3.78. The van der Waals surface area contributed by atoms with Crippen LogP contribution >= 0.6 is 0 Å². The second-order valence-electron chi connectivity index (χ2n) is 6.69. The van der Waals surface area contributed by atoms with Crippen molar-refractivity contribution in [2.75, 3.05) is 19.8 Å². The maximum absolute atomic E-state index is 12.4. The fourth-order valence-electron chi connectivity index (χ4n) is 2.56. The van der Waals surface area contributed by atoms with Gasteiger partial charge in [0.2, 0.25) is 11.5 Å². The summed E-state index contributed by atoms with van der Waals surface area (Å²) in [6.07, 6.45) is 1.77. The van der Waals surface area contributed by atoms with E-state index in [0.717, 1.165) is 0 Å². The number of amides is 1. The van der Waals surface area contributed by atoms with E-state index in [9.17, 15) is 14.4 Å². The average Bonchev–Trinajstić information content (AvgIpc) is 2.59. The molecule has 0 bridgehead atoms. The Labute approximate surface area is 159 Å². The number of nitrogens with two attached hydrogens (primary N) is 1. The van der Waals surface area contributed by atoms with Crippen molar-refractivity contribution >= 4 is 17.8 Å². The third-order valence-electron chi connectivity index (χ3n) is 3.78. The Bertz CT molecular complexity index is 590. The number of ether oxygens (including phenoxy) is 3. The van der Waals surface area contributed by atoms with Gasteiger partial charge in [0, 0.05) is 6.54 Å². The van der Waals surface area contributed by atoms with Crippen molar-refractivity contribution in [1.82, 2.24) is 10.7 Å². The highest BCUT2D eigenvalue weighted by Crippen LogP contribution is 2.18. The highest BCUT2D eigenvalue weighted by Gasteiger charge is 2.28. The highest BCUT2D eigenvalue weighted by molar-refractivity contribution is 6.09. The van der Waals surface area contributed by atoms with Crippen LogP contribution in [0.15, 0.2) is 23.6 Å². The molecule has 9 heteroatoms. The zero-order valence-electron chi connectivity index (χ0n) is 16.2. The van der Waals surface area contributed by atoms with Gasteiger partial charge in [-0.2, -0.15) is 0 Å². The van der Waals surface area contributed by atoms with Crippen molar-refractivity contribution < 1.29 is 28.6 Å². The van der Waals surface area contributed by atoms with Gasteiger partial charge in [0.05, 0.1) is 13.2 Å². The minimum absolute atomic E-state index is 0.0498. The predicted molar refractivity (Wildman–Crippen MR) is 98.0 cm³/mol. The molecule has 0 saturated carbocycles. The van der Waals surface area contributed by atoms with E-state index in [0.29, 0.717) is 19.6 Å². The van der Waals surface area contributed by atoms with E-state index in [1.54, 1.807) is 6.08 Å². The SMILES string of the molecule is CC(C)C(OC(=O)O/C1=C(/NN)C(=O)NCCOCC/C=C\C1=O)C(C)C. The first-order valence-corrected chi connectivity index (χ1v) is 8.94. The van der Waals surface area contributed by atoms with Crippen molar-refractivity contribution in [2.45, 2.75) is 40.2 Å². The normalized spacial score (nSPS) is 20.7. The van der Waals surface area contributed by atoms with Crippen molar-refractivity contribution in [2.24, 2.45) is 17.7 Å². The quantitative estimate of drug-likeness (QED) is 0.366. The molecule has 0 atom stereocenters. The third kappa shape index (κ3) is 7.40. The summed E-state index contributed by atoms with van der Waals surface area (Å²) in [5, 5.41) is 2.53. The fourth-order valence-corrected chi connectivity index (χ4v) is 2.56. The number of nitrogens with one attached hydrogen (secondary N) is 2. The fraction of sp³-hybridized carbons (Fsp3) is 0.611. The summed E-state index contributed by atoms with van der Waals surface area (Å²) in [6, 6.07) is 0. The largest absolute Gasteiger partial charge is 0.514 e. The molecule has 0 unspecified atom stereocenters. The van der Waals surface area contributed by atoms with E-state index in [1.807, 2.05) is 27.7 Å². The van der Waals surface area contributed by atoms with Crippen LogP contribution in [-0.4, -0.2) is 43.7 Å². The van der Waals surface area contributed by atoms with E-state index in [1.165, 1.54) is 6.08 Å².